The molecule has 0 aliphatic carbocycles. The van der Waals surface area contributed by atoms with Crippen LogP contribution in [0.25, 0.3) is 0 Å². The van der Waals surface area contributed by atoms with E-state index in [0.717, 1.165) is 0 Å². The molecule has 0 saturated carbocycles. The maximum absolute atomic E-state index is 9.33. The van der Waals surface area contributed by atoms with Gasteiger partial charge in [0.15, 0.2) is 0 Å². The first-order chi connectivity index (χ1) is 3.15. The Hall–Kier alpha value is -0.0705. The van der Waals surface area contributed by atoms with Crippen LogP contribution < -0.4 is 0 Å². The van der Waals surface area contributed by atoms with E-state index in [1.807, 2.05) is 6.92 Å². The summed E-state index contributed by atoms with van der Waals surface area (Å²) in [7, 11) is 0. The Morgan fingerprint density at radius 1 is 1.86 bits per heavy atom. The molecule has 0 unspecified atom stereocenters. The first-order valence-corrected chi connectivity index (χ1v) is 2.48. The van der Waals surface area contributed by atoms with E-state index in [9.17, 15) is 4.79 Å². The zero-order valence-electron chi connectivity index (χ0n) is 4.55. The Morgan fingerprint density at radius 3 is 1.86 bits per heavy atom. The predicted molar refractivity (Wildman–Crippen MR) is 27.8 cm³/mol. The van der Waals surface area contributed by atoms with Crippen molar-refractivity contribution in [2.75, 3.05) is 0 Å². The summed E-state index contributed by atoms with van der Waals surface area (Å²) in [5.74, 6) is -0.0833. The maximum atomic E-state index is 9.33. The Labute approximate surface area is 52.5 Å². The fourth-order valence-electron chi connectivity index (χ4n) is 0. The number of ketones is 1. The predicted octanol–water partition coefficient (Wildman–Crippen LogP) is 0.765. The van der Waals surface area contributed by atoms with E-state index < -0.39 is 0 Å². The van der Waals surface area contributed by atoms with Gasteiger partial charge in [0.05, 0.1) is 0 Å². The van der Waals surface area contributed by atoms with Crippen molar-refractivity contribution in [1.82, 2.24) is 0 Å². The third kappa shape index (κ3) is 18400. The summed E-state index contributed by atoms with van der Waals surface area (Å²) in [6.07, 6.45) is 0. The molecule has 0 aliphatic rings. The maximum Gasteiger partial charge on any atom is -0.00695 e. The van der Waals surface area contributed by atoms with Crippen molar-refractivity contribution >= 4 is 10.7 Å². The molecule has 7 heavy (non-hydrogen) atoms. The molecule has 0 fully saturated rings. The summed E-state index contributed by atoms with van der Waals surface area (Å²) in [6, 6.07) is 0. The summed E-state index contributed by atoms with van der Waals surface area (Å²) in [5.41, 5.74) is 0. The van der Waals surface area contributed by atoms with Crippen LogP contribution in [0.1, 0.15) is 13.8 Å². The van der Waals surface area contributed by atoms with Gasteiger partial charge in [-0.1, -0.05) is 0 Å². The molecular formula is C5H9FeO. The molecule has 0 rings (SSSR count). The fraction of sp³-hybridized carbons (Fsp3) is 0.400. The van der Waals surface area contributed by atoms with Crippen LogP contribution in [-0.4, -0.2) is 10.7 Å². The zero-order chi connectivity index (χ0) is 6.28. The van der Waals surface area contributed by atoms with E-state index in [0.29, 0.717) is 0 Å². The van der Waals surface area contributed by atoms with E-state index in [1.54, 1.807) is 4.92 Å². The molecule has 0 aliphatic heterocycles. The second-order valence-electron chi connectivity index (χ2n) is 0.906. The third-order valence-corrected chi connectivity index (χ3v) is 0. The molecular weight excluding hydrogens is 132 g/mol. The molecule has 43 valence electrons. The van der Waals surface area contributed by atoms with Gasteiger partial charge in [-0.25, -0.2) is 0 Å². The van der Waals surface area contributed by atoms with E-state index >= 15 is 0 Å². The zero-order valence-corrected chi connectivity index (χ0v) is 5.65. The number of carbonyl (C=O) groups excluding carboxylic acids is 1. The van der Waals surface area contributed by atoms with Gasteiger partial charge in [-0.05, 0) is 12.7 Å². The topological polar surface area (TPSA) is 17.1 Å². The Morgan fingerprint density at radius 2 is 1.86 bits per heavy atom. The molecule has 0 radical (unpaired) electrons. The molecule has 0 saturated heterocycles. The van der Waals surface area contributed by atoms with Gasteiger partial charge in [0.25, 0.3) is 0 Å². The average molecular weight is 141 g/mol. The van der Waals surface area contributed by atoms with Gasteiger partial charge in [0, 0.05) is 0 Å². The fourth-order valence-corrected chi connectivity index (χ4v) is 0. The molecule has 0 amide bonds. The molecule has 0 aromatic heterocycles. The van der Waals surface area contributed by atoms with Crippen LogP contribution in [0, 0.1) is 6.92 Å². The number of hydrogen-bond donors (Lipinski definition) is 0. The SMILES string of the molecule is C[CH]=[Fe+].[CH2-]C(C)=O. The van der Waals surface area contributed by atoms with E-state index in [4.69, 9.17) is 0 Å². The summed E-state index contributed by atoms with van der Waals surface area (Å²) in [6.45, 7) is 6.31. The minimum absolute atomic E-state index is 0.0833. The van der Waals surface area contributed by atoms with Crippen molar-refractivity contribution in [1.29, 1.82) is 0 Å². The van der Waals surface area contributed by atoms with Crippen LogP contribution in [0.2, 0.25) is 0 Å². The summed E-state index contributed by atoms with van der Waals surface area (Å²) in [5, 5.41) is 0. The van der Waals surface area contributed by atoms with Crippen LogP contribution in [0.4, 0.5) is 0 Å². The molecule has 1 nitrogen and oxygen atoms in total. The van der Waals surface area contributed by atoms with Crippen LogP contribution in [-0.2, 0) is 20.4 Å². The molecule has 0 spiro atoms. The van der Waals surface area contributed by atoms with E-state index in [1.165, 1.54) is 6.92 Å². The van der Waals surface area contributed by atoms with Crippen molar-refractivity contribution < 1.29 is 20.4 Å². The second-order valence-corrected chi connectivity index (χ2v) is 1.54. The van der Waals surface area contributed by atoms with Crippen LogP contribution in [0.15, 0.2) is 0 Å². The average Bonchev–Trinajstić information content (AvgIpc) is 1.33. The van der Waals surface area contributed by atoms with Crippen molar-refractivity contribution in [2.24, 2.45) is 0 Å². The largest absolute Gasteiger partial charge is 0.340 e. The van der Waals surface area contributed by atoms with Gasteiger partial charge in [-0.2, -0.15) is 0 Å². The van der Waals surface area contributed by atoms with Crippen LogP contribution >= 0.6 is 0 Å². The van der Waals surface area contributed by atoms with E-state index in [2.05, 4.69) is 22.5 Å². The molecule has 0 atom stereocenters. The molecule has 2 heteroatoms. The van der Waals surface area contributed by atoms with E-state index in [-0.39, 0.29) is 5.78 Å². The monoisotopic (exact) mass is 141 g/mol. The number of hydrogen-bond acceptors (Lipinski definition) is 1. The van der Waals surface area contributed by atoms with Gasteiger partial charge in [0.1, 0.15) is 0 Å². The van der Waals surface area contributed by atoms with Gasteiger partial charge in [-0.15, -0.1) is 0 Å². The van der Waals surface area contributed by atoms with Crippen LogP contribution in [0.3, 0.4) is 0 Å². The third-order valence-electron chi connectivity index (χ3n) is 0. The molecule has 0 heterocycles. The summed E-state index contributed by atoms with van der Waals surface area (Å²) in [4.78, 5) is 11.1. The van der Waals surface area contributed by atoms with Gasteiger partial charge in [0.2, 0.25) is 0 Å². The van der Waals surface area contributed by atoms with Gasteiger partial charge in [-0.3, -0.25) is 0 Å². The molecule has 0 aromatic rings. The minimum Gasteiger partial charge on any atom is -0.340 e. The number of Topliss-reactive ketones (excluding diaryl/α,β-unsaturated/α-hetero) is 1. The minimum atomic E-state index is -0.0833. The first kappa shape index (κ1) is 10.0. The van der Waals surface area contributed by atoms with Gasteiger partial charge < -0.3 is 11.7 Å². The van der Waals surface area contributed by atoms with Gasteiger partial charge >= 0.3 is 27.4 Å². The molecule has 0 bridgehead atoms. The summed E-state index contributed by atoms with van der Waals surface area (Å²) >= 11 is 3.36. The quantitative estimate of drug-likeness (QED) is 0.359. The Balaban J connectivity index is 0. The van der Waals surface area contributed by atoms with Crippen molar-refractivity contribution in [3.8, 4) is 0 Å². The standard InChI is InChI=1S/C3H5O.C2H4.Fe/c1-3(2)4;1-2;/h1H2,2H3;1H,2H3;/q-1;;+1. The van der Waals surface area contributed by atoms with Crippen molar-refractivity contribution in [2.45, 2.75) is 13.8 Å². The first-order valence-electron chi connectivity index (χ1n) is 1.84. The smallest absolute Gasteiger partial charge is 0.00695 e. The Kier molecular flexibility index (Phi) is 13.4. The molecule has 0 N–H and O–H groups in total. The second kappa shape index (κ2) is 9.33. The number of rotatable bonds is 0. The Bertz CT molecular complexity index is 55.1. The normalized spacial score (nSPS) is 5.43. The number of carbonyl (C=O) groups is 1. The summed E-state index contributed by atoms with van der Waals surface area (Å²) < 4.78 is 0. The van der Waals surface area contributed by atoms with Crippen molar-refractivity contribution in [3.63, 3.8) is 0 Å². The van der Waals surface area contributed by atoms with Crippen LogP contribution in [0.5, 0.6) is 0 Å². The van der Waals surface area contributed by atoms with Crippen molar-refractivity contribution in [3.05, 3.63) is 6.92 Å². The molecule has 0 aromatic carbocycles.